The van der Waals surface area contributed by atoms with Gasteiger partial charge in [-0.25, -0.2) is 9.78 Å². The molecular weight excluding hydrogens is 262 g/mol. The summed E-state index contributed by atoms with van der Waals surface area (Å²) in [5, 5.41) is 12.9. The van der Waals surface area contributed by atoms with Crippen molar-refractivity contribution in [3.05, 3.63) is 16.1 Å². The highest BCUT2D eigenvalue weighted by Crippen LogP contribution is 2.26. The number of hydrogen-bond donors (Lipinski definition) is 2. The molecule has 6 heteroatoms. The number of hydrogen-bond acceptors (Lipinski definition) is 4. The second-order valence-corrected chi connectivity index (χ2v) is 5.90. The van der Waals surface area contributed by atoms with Crippen LogP contribution >= 0.6 is 11.3 Å². The van der Waals surface area contributed by atoms with Crippen molar-refractivity contribution >= 4 is 17.4 Å². The minimum Gasteiger partial charge on any atom is -0.395 e. The minimum absolute atomic E-state index is 0.0241. The van der Waals surface area contributed by atoms with Gasteiger partial charge in [0.05, 0.1) is 11.6 Å². The second kappa shape index (κ2) is 6.86. The first-order chi connectivity index (χ1) is 9.24. The Morgan fingerprint density at radius 3 is 3.00 bits per heavy atom. The molecule has 0 atom stereocenters. The van der Waals surface area contributed by atoms with Crippen LogP contribution in [0.2, 0.25) is 0 Å². The van der Waals surface area contributed by atoms with Crippen LogP contribution in [0.25, 0.3) is 0 Å². The third-order valence-corrected chi connectivity index (χ3v) is 4.36. The van der Waals surface area contributed by atoms with Gasteiger partial charge in [0.25, 0.3) is 0 Å². The van der Waals surface area contributed by atoms with Gasteiger partial charge in [-0.2, -0.15) is 0 Å². The predicted molar refractivity (Wildman–Crippen MR) is 75.4 cm³/mol. The zero-order chi connectivity index (χ0) is 13.7. The van der Waals surface area contributed by atoms with Crippen LogP contribution in [-0.4, -0.2) is 46.8 Å². The van der Waals surface area contributed by atoms with Gasteiger partial charge >= 0.3 is 6.03 Å². The number of aryl methyl sites for hydroxylation is 1. The molecule has 1 aliphatic rings. The van der Waals surface area contributed by atoms with E-state index in [4.69, 9.17) is 5.11 Å². The van der Waals surface area contributed by atoms with Gasteiger partial charge in [-0.1, -0.05) is 6.92 Å². The zero-order valence-corrected chi connectivity index (χ0v) is 12.1. The molecule has 0 bridgehead atoms. The molecule has 2 amide bonds. The van der Waals surface area contributed by atoms with E-state index >= 15 is 0 Å². The molecule has 1 aliphatic carbocycles. The number of carbonyl (C=O) groups is 1. The lowest BCUT2D eigenvalue weighted by molar-refractivity contribution is 0.174. The van der Waals surface area contributed by atoms with Crippen molar-refractivity contribution in [3.63, 3.8) is 0 Å². The van der Waals surface area contributed by atoms with Gasteiger partial charge in [-0.3, -0.25) is 0 Å². The maximum absolute atomic E-state index is 12.0. The molecule has 0 spiro atoms. The van der Waals surface area contributed by atoms with Crippen molar-refractivity contribution in [1.29, 1.82) is 0 Å². The number of nitrogens with one attached hydrogen (secondary N) is 1. The Kier molecular flexibility index (Phi) is 5.15. The topological polar surface area (TPSA) is 65.5 Å². The zero-order valence-electron chi connectivity index (χ0n) is 11.3. The lowest BCUT2D eigenvalue weighted by Gasteiger charge is -2.21. The first-order valence-electron chi connectivity index (χ1n) is 6.83. The molecule has 106 valence electrons. The monoisotopic (exact) mass is 283 g/mol. The molecular formula is C13H21N3O2S. The Hall–Kier alpha value is -1.14. The lowest BCUT2D eigenvalue weighted by atomic mass is 10.4. The molecule has 1 heterocycles. The molecule has 1 fully saturated rings. The molecule has 1 aromatic rings. The number of nitrogens with zero attached hydrogens (tertiary/aromatic N) is 2. The van der Waals surface area contributed by atoms with Crippen LogP contribution in [-0.2, 0) is 12.8 Å². The summed E-state index contributed by atoms with van der Waals surface area (Å²) in [6.45, 7) is 3.16. The molecule has 0 unspecified atom stereocenters. The largest absolute Gasteiger partial charge is 0.395 e. The highest BCUT2D eigenvalue weighted by Gasteiger charge is 2.31. The van der Waals surface area contributed by atoms with Gasteiger partial charge in [0, 0.05) is 36.6 Å². The summed E-state index contributed by atoms with van der Waals surface area (Å²) in [4.78, 5) is 19.3. The third kappa shape index (κ3) is 4.18. The van der Waals surface area contributed by atoms with E-state index in [1.165, 1.54) is 4.88 Å². The van der Waals surface area contributed by atoms with Crippen molar-refractivity contribution in [3.8, 4) is 0 Å². The maximum Gasteiger partial charge on any atom is 0.317 e. The summed E-state index contributed by atoms with van der Waals surface area (Å²) < 4.78 is 0. The molecule has 1 aromatic heterocycles. The standard InChI is InChI=1S/C13H21N3O2S/c1-2-11-9-15-12(19-11)5-6-14-13(18)16(7-8-17)10-3-4-10/h9-10,17H,2-8H2,1H3,(H,14,18). The molecule has 0 radical (unpaired) electrons. The summed E-state index contributed by atoms with van der Waals surface area (Å²) in [5.74, 6) is 0. The number of amides is 2. The van der Waals surface area contributed by atoms with Crippen LogP contribution in [0.15, 0.2) is 6.20 Å². The first-order valence-corrected chi connectivity index (χ1v) is 7.65. The second-order valence-electron chi connectivity index (χ2n) is 4.70. The number of aliphatic hydroxyl groups excluding tert-OH is 1. The normalized spacial score (nSPS) is 14.4. The molecule has 2 N–H and O–H groups in total. The minimum atomic E-state index is -0.0659. The van der Waals surface area contributed by atoms with Crippen molar-refractivity contribution in [2.75, 3.05) is 19.7 Å². The van der Waals surface area contributed by atoms with E-state index in [2.05, 4.69) is 17.2 Å². The van der Waals surface area contributed by atoms with Crippen LogP contribution in [0.3, 0.4) is 0 Å². The first kappa shape index (κ1) is 14.3. The number of thiazole rings is 1. The van der Waals surface area contributed by atoms with Crippen LogP contribution in [0, 0.1) is 0 Å². The van der Waals surface area contributed by atoms with E-state index in [-0.39, 0.29) is 12.6 Å². The van der Waals surface area contributed by atoms with E-state index in [0.29, 0.717) is 19.1 Å². The average Bonchev–Trinajstić information content (AvgIpc) is 3.15. The molecule has 0 aliphatic heterocycles. The van der Waals surface area contributed by atoms with E-state index < -0.39 is 0 Å². The Balaban J connectivity index is 1.73. The number of aromatic nitrogens is 1. The summed E-state index contributed by atoms with van der Waals surface area (Å²) in [6.07, 6.45) is 5.80. The highest BCUT2D eigenvalue weighted by molar-refractivity contribution is 7.11. The van der Waals surface area contributed by atoms with Crippen LogP contribution in [0.1, 0.15) is 29.7 Å². The Labute approximate surface area is 117 Å². The SMILES string of the molecule is CCc1cnc(CCNC(=O)N(CCO)C2CC2)s1. The van der Waals surface area contributed by atoms with Crippen molar-refractivity contribution in [2.24, 2.45) is 0 Å². The fraction of sp³-hybridized carbons (Fsp3) is 0.692. The van der Waals surface area contributed by atoms with Gasteiger partial charge < -0.3 is 15.3 Å². The fourth-order valence-corrected chi connectivity index (χ4v) is 2.81. The van der Waals surface area contributed by atoms with E-state index in [1.807, 2.05) is 6.20 Å². The van der Waals surface area contributed by atoms with Crippen LogP contribution in [0.5, 0.6) is 0 Å². The molecule has 0 saturated heterocycles. The quantitative estimate of drug-likeness (QED) is 0.795. The van der Waals surface area contributed by atoms with Crippen LogP contribution < -0.4 is 5.32 Å². The average molecular weight is 283 g/mol. The van der Waals surface area contributed by atoms with Gasteiger partial charge in [-0.15, -0.1) is 11.3 Å². The maximum atomic E-state index is 12.0. The van der Waals surface area contributed by atoms with Gasteiger partial charge in [0.15, 0.2) is 0 Å². The lowest BCUT2D eigenvalue weighted by Crippen LogP contribution is -2.43. The number of aliphatic hydroxyl groups is 1. The summed E-state index contributed by atoms with van der Waals surface area (Å²) in [5.41, 5.74) is 0. The Morgan fingerprint density at radius 1 is 1.63 bits per heavy atom. The fourth-order valence-electron chi connectivity index (χ4n) is 1.95. The molecule has 5 nitrogen and oxygen atoms in total. The van der Waals surface area contributed by atoms with E-state index in [9.17, 15) is 4.79 Å². The number of urea groups is 1. The molecule has 0 aromatic carbocycles. The summed E-state index contributed by atoms with van der Waals surface area (Å²) in [7, 11) is 0. The van der Waals surface area contributed by atoms with Gasteiger partial charge in [-0.05, 0) is 19.3 Å². The van der Waals surface area contributed by atoms with Crippen molar-refractivity contribution in [1.82, 2.24) is 15.2 Å². The molecule has 1 saturated carbocycles. The third-order valence-electron chi connectivity index (χ3n) is 3.15. The summed E-state index contributed by atoms with van der Waals surface area (Å²) >= 11 is 1.71. The highest BCUT2D eigenvalue weighted by atomic mass is 32.1. The van der Waals surface area contributed by atoms with Crippen LogP contribution in [0.4, 0.5) is 4.79 Å². The van der Waals surface area contributed by atoms with E-state index in [0.717, 1.165) is 30.7 Å². The molecule has 2 rings (SSSR count). The van der Waals surface area contributed by atoms with Crippen molar-refractivity contribution in [2.45, 2.75) is 38.6 Å². The Morgan fingerprint density at radius 2 is 2.42 bits per heavy atom. The van der Waals surface area contributed by atoms with Crippen molar-refractivity contribution < 1.29 is 9.90 Å². The smallest absolute Gasteiger partial charge is 0.317 e. The van der Waals surface area contributed by atoms with Gasteiger partial charge in [0.1, 0.15) is 0 Å². The predicted octanol–water partition coefficient (Wildman–Crippen LogP) is 1.41. The van der Waals surface area contributed by atoms with E-state index in [1.54, 1.807) is 16.2 Å². The summed E-state index contributed by atoms with van der Waals surface area (Å²) in [6, 6.07) is 0.266. The number of carbonyl (C=O) groups excluding carboxylic acids is 1. The number of rotatable bonds is 7. The molecule has 19 heavy (non-hydrogen) atoms. The Bertz CT molecular complexity index is 418. The van der Waals surface area contributed by atoms with Gasteiger partial charge in [0.2, 0.25) is 0 Å².